The highest BCUT2D eigenvalue weighted by Gasteiger charge is 2.22. The Morgan fingerprint density at radius 1 is 1.05 bits per heavy atom. The highest BCUT2D eigenvalue weighted by Crippen LogP contribution is 2.21. The zero-order valence-electron chi connectivity index (χ0n) is 11.3. The zero-order valence-corrected chi connectivity index (χ0v) is 12.1. The highest BCUT2D eigenvalue weighted by atomic mass is 32.2. The largest absolute Gasteiger partial charge is 0.244 e. The Morgan fingerprint density at radius 3 is 2.30 bits per heavy atom. The molecule has 2 aromatic rings. The molecule has 1 atom stereocenters. The molecule has 20 heavy (non-hydrogen) atoms. The standard InChI is InChI=1S/C15H16FNO2S/c1-11-7-3-4-8-13(11)12(2)17-20(18,19)15-10-6-5-9-14(15)16/h3-10,12,17H,1-2H3. The minimum atomic E-state index is -3.88. The average Bonchev–Trinajstić information content (AvgIpc) is 2.38. The number of benzene rings is 2. The van der Waals surface area contributed by atoms with Crippen molar-refractivity contribution in [2.45, 2.75) is 24.8 Å². The van der Waals surface area contributed by atoms with Crippen molar-refractivity contribution in [1.29, 1.82) is 0 Å². The summed E-state index contributed by atoms with van der Waals surface area (Å²) in [7, 11) is -3.88. The van der Waals surface area contributed by atoms with Crippen LogP contribution in [0.25, 0.3) is 0 Å². The van der Waals surface area contributed by atoms with Gasteiger partial charge in [-0.15, -0.1) is 0 Å². The van der Waals surface area contributed by atoms with Gasteiger partial charge in [-0.2, -0.15) is 0 Å². The summed E-state index contributed by atoms with van der Waals surface area (Å²) < 4.78 is 40.5. The number of sulfonamides is 1. The molecular weight excluding hydrogens is 277 g/mol. The predicted octanol–water partition coefficient (Wildman–Crippen LogP) is 3.17. The van der Waals surface area contributed by atoms with Crippen LogP contribution < -0.4 is 4.72 Å². The molecule has 0 radical (unpaired) electrons. The Hall–Kier alpha value is -1.72. The molecule has 0 aliphatic carbocycles. The first kappa shape index (κ1) is 14.7. The number of aryl methyl sites for hydroxylation is 1. The highest BCUT2D eigenvalue weighted by molar-refractivity contribution is 7.89. The van der Waals surface area contributed by atoms with E-state index in [-0.39, 0.29) is 4.90 Å². The van der Waals surface area contributed by atoms with Gasteiger partial charge in [0.15, 0.2) is 0 Å². The fourth-order valence-corrected chi connectivity index (χ4v) is 3.40. The van der Waals surface area contributed by atoms with Gasteiger partial charge in [0.25, 0.3) is 0 Å². The van der Waals surface area contributed by atoms with Gasteiger partial charge in [0, 0.05) is 6.04 Å². The van der Waals surface area contributed by atoms with Crippen LogP contribution in [0.4, 0.5) is 4.39 Å². The molecule has 0 aliphatic rings. The Kier molecular flexibility index (Phi) is 4.20. The molecule has 5 heteroatoms. The van der Waals surface area contributed by atoms with Crippen molar-refractivity contribution in [3.8, 4) is 0 Å². The summed E-state index contributed by atoms with van der Waals surface area (Å²) in [6, 6.07) is 12.4. The van der Waals surface area contributed by atoms with Crippen molar-refractivity contribution in [1.82, 2.24) is 4.72 Å². The maximum absolute atomic E-state index is 13.6. The lowest BCUT2D eigenvalue weighted by Gasteiger charge is -2.17. The van der Waals surface area contributed by atoms with Crippen LogP contribution in [0.15, 0.2) is 53.4 Å². The molecule has 0 amide bonds. The van der Waals surface area contributed by atoms with Gasteiger partial charge in [0.2, 0.25) is 10.0 Å². The Balaban J connectivity index is 2.30. The van der Waals surface area contributed by atoms with Crippen LogP contribution in [0.2, 0.25) is 0 Å². The Morgan fingerprint density at radius 2 is 1.65 bits per heavy atom. The molecule has 0 saturated heterocycles. The lowest BCUT2D eigenvalue weighted by Crippen LogP contribution is -2.28. The van der Waals surface area contributed by atoms with Crippen LogP contribution in [-0.2, 0) is 10.0 Å². The molecule has 2 rings (SSSR count). The Bertz CT molecular complexity index is 713. The van der Waals surface area contributed by atoms with Crippen LogP contribution >= 0.6 is 0 Å². The molecule has 0 aliphatic heterocycles. The molecule has 1 N–H and O–H groups in total. The molecule has 2 aromatic carbocycles. The van der Waals surface area contributed by atoms with Crippen molar-refractivity contribution in [2.75, 3.05) is 0 Å². The summed E-state index contributed by atoms with van der Waals surface area (Å²) in [5, 5.41) is 0. The van der Waals surface area contributed by atoms with Crippen LogP contribution in [-0.4, -0.2) is 8.42 Å². The maximum atomic E-state index is 13.6. The second-order valence-corrected chi connectivity index (χ2v) is 6.31. The first-order valence-corrected chi connectivity index (χ1v) is 7.72. The van der Waals surface area contributed by atoms with Gasteiger partial charge in [-0.25, -0.2) is 17.5 Å². The number of hydrogen-bond acceptors (Lipinski definition) is 2. The first-order valence-electron chi connectivity index (χ1n) is 6.24. The van der Waals surface area contributed by atoms with Gasteiger partial charge >= 0.3 is 0 Å². The maximum Gasteiger partial charge on any atom is 0.244 e. The molecule has 0 aromatic heterocycles. The van der Waals surface area contributed by atoms with E-state index >= 15 is 0 Å². The van der Waals surface area contributed by atoms with E-state index in [2.05, 4.69) is 4.72 Å². The van der Waals surface area contributed by atoms with E-state index in [1.807, 2.05) is 31.2 Å². The fourth-order valence-electron chi connectivity index (χ4n) is 2.09. The van der Waals surface area contributed by atoms with Gasteiger partial charge in [-0.05, 0) is 37.1 Å². The summed E-state index contributed by atoms with van der Waals surface area (Å²) in [6.45, 7) is 3.64. The number of halogens is 1. The normalized spacial score (nSPS) is 13.2. The quantitative estimate of drug-likeness (QED) is 0.941. The van der Waals surface area contributed by atoms with Crippen molar-refractivity contribution < 1.29 is 12.8 Å². The third-order valence-corrected chi connectivity index (χ3v) is 4.69. The molecule has 106 valence electrons. The van der Waals surface area contributed by atoms with E-state index in [4.69, 9.17) is 0 Å². The second kappa shape index (κ2) is 5.73. The topological polar surface area (TPSA) is 46.2 Å². The van der Waals surface area contributed by atoms with Crippen molar-refractivity contribution in [3.63, 3.8) is 0 Å². The lowest BCUT2D eigenvalue weighted by molar-refractivity contribution is 0.546. The SMILES string of the molecule is Cc1ccccc1C(C)NS(=O)(=O)c1ccccc1F. The molecular formula is C15H16FNO2S. The summed E-state index contributed by atoms with van der Waals surface area (Å²) in [6.07, 6.45) is 0. The van der Waals surface area contributed by atoms with Crippen LogP contribution in [0.1, 0.15) is 24.1 Å². The number of nitrogens with one attached hydrogen (secondary N) is 1. The third-order valence-electron chi connectivity index (χ3n) is 3.11. The number of hydrogen-bond donors (Lipinski definition) is 1. The van der Waals surface area contributed by atoms with E-state index < -0.39 is 21.9 Å². The molecule has 3 nitrogen and oxygen atoms in total. The molecule has 0 fully saturated rings. The van der Waals surface area contributed by atoms with Crippen LogP contribution in [0.5, 0.6) is 0 Å². The zero-order chi connectivity index (χ0) is 14.8. The van der Waals surface area contributed by atoms with E-state index in [0.717, 1.165) is 17.2 Å². The molecule has 0 saturated carbocycles. The van der Waals surface area contributed by atoms with Gasteiger partial charge < -0.3 is 0 Å². The van der Waals surface area contributed by atoms with E-state index in [1.54, 1.807) is 6.92 Å². The third kappa shape index (κ3) is 3.05. The molecule has 0 bridgehead atoms. The monoisotopic (exact) mass is 293 g/mol. The smallest absolute Gasteiger partial charge is 0.207 e. The van der Waals surface area contributed by atoms with Gasteiger partial charge in [-0.1, -0.05) is 36.4 Å². The van der Waals surface area contributed by atoms with E-state index in [1.165, 1.54) is 18.2 Å². The van der Waals surface area contributed by atoms with Gasteiger partial charge in [0.05, 0.1) is 0 Å². The predicted molar refractivity (Wildman–Crippen MR) is 76.3 cm³/mol. The van der Waals surface area contributed by atoms with Gasteiger partial charge in [0.1, 0.15) is 10.7 Å². The average molecular weight is 293 g/mol. The molecule has 1 unspecified atom stereocenters. The number of rotatable bonds is 4. The van der Waals surface area contributed by atoms with Gasteiger partial charge in [-0.3, -0.25) is 0 Å². The summed E-state index contributed by atoms with van der Waals surface area (Å²) in [4.78, 5) is -0.333. The van der Waals surface area contributed by atoms with Crippen molar-refractivity contribution in [3.05, 3.63) is 65.5 Å². The van der Waals surface area contributed by atoms with Crippen LogP contribution in [0, 0.1) is 12.7 Å². The summed E-state index contributed by atoms with van der Waals surface area (Å²) in [5.74, 6) is -0.753. The molecule has 0 spiro atoms. The minimum absolute atomic E-state index is 0.333. The van der Waals surface area contributed by atoms with E-state index in [9.17, 15) is 12.8 Å². The summed E-state index contributed by atoms with van der Waals surface area (Å²) >= 11 is 0. The lowest BCUT2D eigenvalue weighted by atomic mass is 10.0. The molecule has 0 heterocycles. The first-order chi connectivity index (χ1) is 9.42. The fraction of sp³-hybridized carbons (Fsp3) is 0.200. The van der Waals surface area contributed by atoms with Crippen LogP contribution in [0.3, 0.4) is 0 Å². The van der Waals surface area contributed by atoms with Crippen molar-refractivity contribution in [2.24, 2.45) is 0 Å². The van der Waals surface area contributed by atoms with Crippen molar-refractivity contribution >= 4 is 10.0 Å². The Labute approximate surface area is 118 Å². The minimum Gasteiger partial charge on any atom is -0.207 e. The van der Waals surface area contributed by atoms with E-state index in [0.29, 0.717) is 0 Å². The summed E-state index contributed by atoms with van der Waals surface area (Å²) in [5.41, 5.74) is 1.85. The second-order valence-electron chi connectivity index (χ2n) is 4.63.